The minimum atomic E-state index is 0.567. The molecule has 14 heavy (non-hydrogen) atoms. The van der Waals surface area contributed by atoms with Gasteiger partial charge in [0.25, 0.3) is 0 Å². The number of carbonyl (C=O) groups excluding carboxylic acids is 1. The highest BCUT2D eigenvalue weighted by atomic mass is 16.1. The zero-order chi connectivity index (χ0) is 10.0. The monoisotopic (exact) mass is 196 g/mol. The van der Waals surface area contributed by atoms with Crippen LogP contribution in [0.3, 0.4) is 0 Å². The fourth-order valence-electron chi connectivity index (χ4n) is 2.95. The molecule has 0 saturated carbocycles. The summed E-state index contributed by atoms with van der Waals surface area (Å²) in [5, 5.41) is 0. The van der Waals surface area contributed by atoms with Crippen LogP contribution in [0.4, 0.5) is 0 Å². The molecule has 0 amide bonds. The Balaban J connectivity index is 1.84. The van der Waals surface area contributed by atoms with Crippen LogP contribution in [0.5, 0.6) is 0 Å². The summed E-state index contributed by atoms with van der Waals surface area (Å²) < 4.78 is 0. The summed E-state index contributed by atoms with van der Waals surface area (Å²) in [4.78, 5) is 15.2. The second-order valence-corrected chi connectivity index (χ2v) is 4.97. The topological polar surface area (TPSA) is 23.6 Å². The number of rotatable bonds is 3. The van der Waals surface area contributed by atoms with Crippen LogP contribution in [0, 0.1) is 5.41 Å². The van der Waals surface area contributed by atoms with Gasteiger partial charge in [-0.15, -0.1) is 0 Å². The average molecular weight is 196 g/mol. The molecule has 3 nitrogen and oxygen atoms in total. The summed E-state index contributed by atoms with van der Waals surface area (Å²) >= 11 is 0. The zero-order valence-electron chi connectivity index (χ0n) is 9.04. The lowest BCUT2D eigenvalue weighted by Gasteiger charge is -2.23. The fourth-order valence-corrected chi connectivity index (χ4v) is 2.95. The Kier molecular flexibility index (Phi) is 2.88. The normalized spacial score (nSPS) is 34.4. The molecule has 0 bridgehead atoms. The second kappa shape index (κ2) is 3.99. The summed E-state index contributed by atoms with van der Waals surface area (Å²) in [5.41, 5.74) is 0.567. The lowest BCUT2D eigenvalue weighted by Crippen LogP contribution is -2.30. The van der Waals surface area contributed by atoms with Gasteiger partial charge in [0.1, 0.15) is 6.29 Å². The van der Waals surface area contributed by atoms with Crippen molar-refractivity contribution in [3.05, 3.63) is 0 Å². The molecule has 2 saturated heterocycles. The van der Waals surface area contributed by atoms with Gasteiger partial charge in [-0.1, -0.05) is 0 Å². The van der Waals surface area contributed by atoms with E-state index < -0.39 is 0 Å². The van der Waals surface area contributed by atoms with Crippen molar-refractivity contribution in [3.8, 4) is 0 Å². The van der Waals surface area contributed by atoms with Crippen LogP contribution in [-0.2, 0) is 4.79 Å². The van der Waals surface area contributed by atoms with Crippen molar-refractivity contribution in [2.24, 2.45) is 5.41 Å². The van der Waals surface area contributed by atoms with Crippen molar-refractivity contribution in [1.82, 2.24) is 9.80 Å². The molecule has 3 heteroatoms. The lowest BCUT2D eigenvalue weighted by molar-refractivity contribution is -0.108. The van der Waals surface area contributed by atoms with Gasteiger partial charge in [0.2, 0.25) is 0 Å². The molecule has 2 fully saturated rings. The Labute approximate surface area is 86.1 Å². The van der Waals surface area contributed by atoms with Crippen molar-refractivity contribution >= 4 is 6.29 Å². The first-order chi connectivity index (χ1) is 6.74. The molecule has 0 aromatic carbocycles. The van der Waals surface area contributed by atoms with E-state index in [9.17, 15) is 4.79 Å². The maximum absolute atomic E-state index is 10.3. The summed E-state index contributed by atoms with van der Waals surface area (Å²) in [5.74, 6) is 0. The van der Waals surface area contributed by atoms with Crippen LogP contribution in [0.15, 0.2) is 0 Å². The Morgan fingerprint density at radius 1 is 1.29 bits per heavy atom. The molecular formula is C11H20N2O. The largest absolute Gasteiger partial charge is 0.306 e. The van der Waals surface area contributed by atoms with Gasteiger partial charge < -0.3 is 14.6 Å². The van der Waals surface area contributed by atoms with Crippen LogP contribution in [0.1, 0.15) is 19.3 Å². The lowest BCUT2D eigenvalue weighted by atomic mass is 9.86. The molecule has 1 atom stereocenters. The molecule has 0 aromatic rings. The summed E-state index contributed by atoms with van der Waals surface area (Å²) in [6.45, 7) is 5.88. The van der Waals surface area contributed by atoms with Crippen molar-refractivity contribution in [3.63, 3.8) is 0 Å². The third-order valence-electron chi connectivity index (χ3n) is 3.71. The summed E-state index contributed by atoms with van der Waals surface area (Å²) in [6, 6.07) is 0. The fraction of sp³-hybridized carbons (Fsp3) is 0.909. The van der Waals surface area contributed by atoms with Crippen molar-refractivity contribution < 1.29 is 4.79 Å². The number of carbonyl (C=O) groups is 1. The number of aldehydes is 1. The van der Waals surface area contributed by atoms with E-state index in [4.69, 9.17) is 0 Å². The van der Waals surface area contributed by atoms with E-state index in [1.165, 1.54) is 39.0 Å². The first kappa shape index (κ1) is 10.1. The number of nitrogens with zero attached hydrogens (tertiary/aromatic N) is 2. The maximum Gasteiger partial charge on any atom is 0.121 e. The van der Waals surface area contributed by atoms with E-state index in [2.05, 4.69) is 16.8 Å². The van der Waals surface area contributed by atoms with Gasteiger partial charge in [0.15, 0.2) is 0 Å². The molecule has 0 aromatic heterocycles. The summed E-state index contributed by atoms with van der Waals surface area (Å²) in [7, 11) is 2.21. The van der Waals surface area contributed by atoms with E-state index in [0.29, 0.717) is 11.8 Å². The highest BCUT2D eigenvalue weighted by molar-refractivity contribution is 5.49. The molecule has 0 aliphatic carbocycles. The smallest absolute Gasteiger partial charge is 0.121 e. The van der Waals surface area contributed by atoms with Gasteiger partial charge in [0, 0.05) is 26.1 Å². The molecule has 2 aliphatic rings. The number of likely N-dealkylation sites (tertiary alicyclic amines) is 2. The van der Waals surface area contributed by atoms with E-state index in [1.54, 1.807) is 0 Å². The van der Waals surface area contributed by atoms with E-state index >= 15 is 0 Å². The molecule has 2 aliphatic heterocycles. The van der Waals surface area contributed by atoms with Crippen LogP contribution in [0.2, 0.25) is 0 Å². The molecule has 80 valence electrons. The van der Waals surface area contributed by atoms with Gasteiger partial charge in [-0.2, -0.15) is 0 Å². The minimum absolute atomic E-state index is 0.567. The van der Waals surface area contributed by atoms with Crippen molar-refractivity contribution in [1.29, 1.82) is 0 Å². The number of hydrogen-bond donors (Lipinski definition) is 0. The quantitative estimate of drug-likeness (QED) is 0.618. The SMILES string of the molecule is CN1CCC2(CCN(CCC=O)C2)C1. The Bertz CT molecular complexity index is 219. The van der Waals surface area contributed by atoms with Crippen LogP contribution in [-0.4, -0.2) is 55.9 Å². The first-order valence-corrected chi connectivity index (χ1v) is 5.59. The summed E-state index contributed by atoms with van der Waals surface area (Å²) in [6.07, 6.45) is 4.41. The third kappa shape index (κ3) is 1.98. The maximum atomic E-state index is 10.3. The minimum Gasteiger partial charge on any atom is -0.306 e. The van der Waals surface area contributed by atoms with E-state index in [1.807, 2.05) is 0 Å². The Morgan fingerprint density at radius 3 is 2.71 bits per heavy atom. The van der Waals surface area contributed by atoms with E-state index in [-0.39, 0.29) is 0 Å². The highest BCUT2D eigenvalue weighted by Crippen LogP contribution is 2.38. The van der Waals surface area contributed by atoms with Crippen molar-refractivity contribution in [2.45, 2.75) is 19.3 Å². The molecular weight excluding hydrogens is 176 g/mol. The number of hydrogen-bond acceptors (Lipinski definition) is 3. The molecule has 0 N–H and O–H groups in total. The van der Waals surface area contributed by atoms with Gasteiger partial charge in [-0.3, -0.25) is 0 Å². The predicted molar refractivity (Wildman–Crippen MR) is 56.3 cm³/mol. The molecule has 2 rings (SSSR count). The standard InChI is InChI=1S/C11H20N2O/c1-12-6-3-11(9-12)4-7-13(10-11)5-2-8-14/h8H,2-7,9-10H2,1H3. The molecule has 1 spiro atoms. The first-order valence-electron chi connectivity index (χ1n) is 5.59. The third-order valence-corrected chi connectivity index (χ3v) is 3.71. The average Bonchev–Trinajstić information content (AvgIpc) is 2.72. The van der Waals surface area contributed by atoms with Crippen molar-refractivity contribution in [2.75, 3.05) is 39.8 Å². The van der Waals surface area contributed by atoms with E-state index in [0.717, 1.165) is 12.8 Å². The van der Waals surface area contributed by atoms with Gasteiger partial charge in [0.05, 0.1) is 0 Å². The van der Waals surface area contributed by atoms with Crippen LogP contribution < -0.4 is 0 Å². The Morgan fingerprint density at radius 2 is 2.07 bits per heavy atom. The zero-order valence-corrected chi connectivity index (χ0v) is 9.04. The molecule has 0 radical (unpaired) electrons. The van der Waals surface area contributed by atoms with Gasteiger partial charge in [-0.05, 0) is 38.4 Å². The predicted octanol–water partition coefficient (Wildman–Crippen LogP) is 0.603. The van der Waals surface area contributed by atoms with Gasteiger partial charge >= 0.3 is 0 Å². The molecule has 1 unspecified atom stereocenters. The van der Waals surface area contributed by atoms with Crippen LogP contribution >= 0.6 is 0 Å². The highest BCUT2D eigenvalue weighted by Gasteiger charge is 2.41. The Hall–Kier alpha value is -0.410. The molecule has 2 heterocycles. The second-order valence-electron chi connectivity index (χ2n) is 4.97. The van der Waals surface area contributed by atoms with Gasteiger partial charge in [-0.25, -0.2) is 0 Å². The van der Waals surface area contributed by atoms with Crippen LogP contribution in [0.25, 0.3) is 0 Å².